The first-order valence-corrected chi connectivity index (χ1v) is 6.30. The lowest BCUT2D eigenvalue weighted by molar-refractivity contribution is 0.464. The Hall–Kier alpha value is -2.16. The molecule has 0 atom stereocenters. The van der Waals surface area contributed by atoms with E-state index in [0.717, 1.165) is 27.9 Å². The number of nitrogens with one attached hydrogen (secondary N) is 1. The number of phenolic OH excluding ortho intramolecular Hbond substituents is 2. The average Bonchev–Trinajstić information content (AvgIpc) is 2.37. The lowest BCUT2D eigenvalue weighted by Crippen LogP contribution is -2.02. The summed E-state index contributed by atoms with van der Waals surface area (Å²) in [6.07, 6.45) is 0. The van der Waals surface area contributed by atoms with Gasteiger partial charge in [0.25, 0.3) is 0 Å². The number of phenols is 2. The van der Waals surface area contributed by atoms with Gasteiger partial charge in [0.15, 0.2) is 0 Å². The van der Waals surface area contributed by atoms with E-state index in [0.29, 0.717) is 18.0 Å². The van der Waals surface area contributed by atoms with Gasteiger partial charge >= 0.3 is 0 Å². The molecule has 19 heavy (non-hydrogen) atoms. The van der Waals surface area contributed by atoms with Crippen molar-refractivity contribution in [3.05, 3.63) is 52.6 Å². The fourth-order valence-corrected chi connectivity index (χ4v) is 2.04. The Morgan fingerprint density at radius 2 is 1.68 bits per heavy atom. The maximum absolute atomic E-state index is 9.96. The molecule has 100 valence electrons. The molecule has 0 saturated carbocycles. The monoisotopic (exact) mass is 257 g/mol. The van der Waals surface area contributed by atoms with Crippen LogP contribution in [0.3, 0.4) is 0 Å². The molecule has 0 saturated heterocycles. The topological polar surface area (TPSA) is 52.5 Å². The number of para-hydroxylation sites is 1. The molecule has 0 heterocycles. The Balaban J connectivity index is 2.19. The van der Waals surface area contributed by atoms with Gasteiger partial charge in [-0.2, -0.15) is 0 Å². The molecule has 2 aromatic rings. The van der Waals surface area contributed by atoms with Crippen molar-refractivity contribution in [1.29, 1.82) is 0 Å². The maximum Gasteiger partial charge on any atom is 0.123 e. The second-order valence-corrected chi connectivity index (χ2v) is 4.89. The third-order valence-electron chi connectivity index (χ3n) is 3.33. The lowest BCUT2D eigenvalue weighted by atomic mass is 10.1. The van der Waals surface area contributed by atoms with Crippen LogP contribution in [0.25, 0.3) is 0 Å². The number of hydrogen-bond donors (Lipinski definition) is 3. The van der Waals surface area contributed by atoms with Crippen LogP contribution < -0.4 is 5.32 Å². The molecule has 0 radical (unpaired) electrons. The zero-order valence-corrected chi connectivity index (χ0v) is 11.5. The van der Waals surface area contributed by atoms with E-state index in [-0.39, 0.29) is 0 Å². The zero-order valence-electron chi connectivity index (χ0n) is 11.5. The number of aryl methyl sites for hydroxylation is 3. The highest BCUT2D eigenvalue weighted by Crippen LogP contribution is 2.27. The summed E-state index contributed by atoms with van der Waals surface area (Å²) in [5.74, 6) is 0.643. The minimum atomic E-state index is 0.307. The van der Waals surface area contributed by atoms with Crippen molar-refractivity contribution in [2.24, 2.45) is 0 Å². The quantitative estimate of drug-likeness (QED) is 0.736. The van der Waals surface area contributed by atoms with Gasteiger partial charge in [-0.15, -0.1) is 0 Å². The summed E-state index contributed by atoms with van der Waals surface area (Å²) in [4.78, 5) is 0. The fourth-order valence-electron chi connectivity index (χ4n) is 2.04. The first-order valence-electron chi connectivity index (χ1n) is 6.30. The number of benzene rings is 2. The van der Waals surface area contributed by atoms with Crippen molar-refractivity contribution in [3.8, 4) is 11.5 Å². The van der Waals surface area contributed by atoms with Gasteiger partial charge in [0.2, 0.25) is 0 Å². The molecule has 2 aromatic carbocycles. The van der Waals surface area contributed by atoms with Crippen molar-refractivity contribution < 1.29 is 10.2 Å². The Morgan fingerprint density at radius 1 is 0.947 bits per heavy atom. The van der Waals surface area contributed by atoms with E-state index in [1.807, 2.05) is 45.0 Å². The van der Waals surface area contributed by atoms with Crippen LogP contribution in [0.5, 0.6) is 11.5 Å². The minimum absolute atomic E-state index is 0.307. The molecule has 0 spiro atoms. The summed E-state index contributed by atoms with van der Waals surface area (Å²) in [5, 5.41) is 22.9. The largest absolute Gasteiger partial charge is 0.508 e. The Kier molecular flexibility index (Phi) is 3.65. The molecular formula is C16H19NO2. The molecule has 0 aromatic heterocycles. The van der Waals surface area contributed by atoms with Crippen LogP contribution in [0.15, 0.2) is 30.3 Å². The van der Waals surface area contributed by atoms with Crippen LogP contribution in [0.2, 0.25) is 0 Å². The summed E-state index contributed by atoms with van der Waals surface area (Å²) in [7, 11) is 0. The van der Waals surface area contributed by atoms with E-state index in [4.69, 9.17) is 0 Å². The molecule has 0 aliphatic heterocycles. The van der Waals surface area contributed by atoms with Crippen LogP contribution in [-0.2, 0) is 6.54 Å². The Bertz CT molecular complexity index is 606. The van der Waals surface area contributed by atoms with Gasteiger partial charge in [0.1, 0.15) is 11.5 Å². The van der Waals surface area contributed by atoms with Crippen LogP contribution >= 0.6 is 0 Å². The highest BCUT2D eigenvalue weighted by atomic mass is 16.3. The highest BCUT2D eigenvalue weighted by Gasteiger charge is 2.06. The van der Waals surface area contributed by atoms with Crippen LogP contribution in [0, 0.1) is 20.8 Å². The first kappa shape index (κ1) is 13.3. The van der Waals surface area contributed by atoms with Crippen LogP contribution in [-0.4, -0.2) is 10.2 Å². The van der Waals surface area contributed by atoms with Gasteiger partial charge in [-0.1, -0.05) is 18.2 Å². The average molecular weight is 257 g/mol. The number of aromatic hydroxyl groups is 2. The molecule has 2 rings (SSSR count). The second-order valence-electron chi connectivity index (χ2n) is 4.89. The van der Waals surface area contributed by atoms with E-state index < -0.39 is 0 Å². The van der Waals surface area contributed by atoms with Crippen molar-refractivity contribution >= 4 is 5.69 Å². The summed E-state index contributed by atoms with van der Waals surface area (Å²) < 4.78 is 0. The zero-order chi connectivity index (χ0) is 14.0. The van der Waals surface area contributed by atoms with E-state index in [1.54, 1.807) is 6.07 Å². The van der Waals surface area contributed by atoms with Crippen molar-refractivity contribution in [1.82, 2.24) is 0 Å². The standard InChI is InChI=1S/C16H19NO2/c1-10-5-4-6-13(16(10)19)9-17-14-7-12(3)15(18)8-11(14)2/h4-8,17-19H,9H2,1-3H3. The predicted octanol–water partition coefficient (Wildman–Crippen LogP) is 3.64. The van der Waals surface area contributed by atoms with Crippen LogP contribution in [0.4, 0.5) is 5.69 Å². The Morgan fingerprint density at radius 3 is 2.42 bits per heavy atom. The Labute approximate surface area is 113 Å². The van der Waals surface area contributed by atoms with E-state index in [9.17, 15) is 10.2 Å². The van der Waals surface area contributed by atoms with Crippen LogP contribution in [0.1, 0.15) is 22.3 Å². The van der Waals surface area contributed by atoms with Gasteiger partial charge in [-0.3, -0.25) is 0 Å². The van der Waals surface area contributed by atoms with Gasteiger partial charge in [0, 0.05) is 17.8 Å². The molecule has 0 bridgehead atoms. The van der Waals surface area contributed by atoms with Crippen molar-refractivity contribution in [2.45, 2.75) is 27.3 Å². The molecule has 3 nitrogen and oxygen atoms in total. The normalized spacial score (nSPS) is 10.5. The van der Waals surface area contributed by atoms with Crippen molar-refractivity contribution in [3.63, 3.8) is 0 Å². The second kappa shape index (κ2) is 5.22. The fraction of sp³-hybridized carbons (Fsp3) is 0.250. The molecule has 3 heteroatoms. The summed E-state index contributed by atoms with van der Waals surface area (Å²) >= 11 is 0. The summed E-state index contributed by atoms with van der Waals surface area (Å²) in [6.45, 7) is 6.25. The predicted molar refractivity (Wildman–Crippen MR) is 77.8 cm³/mol. The molecule has 3 N–H and O–H groups in total. The molecule has 0 aliphatic carbocycles. The van der Waals surface area contributed by atoms with Gasteiger partial charge < -0.3 is 15.5 Å². The first-order chi connectivity index (χ1) is 8.99. The maximum atomic E-state index is 9.96. The van der Waals surface area contributed by atoms with Gasteiger partial charge in [-0.25, -0.2) is 0 Å². The summed E-state index contributed by atoms with van der Waals surface area (Å²) in [6, 6.07) is 9.37. The lowest BCUT2D eigenvalue weighted by Gasteiger charge is -2.13. The number of anilines is 1. The van der Waals surface area contributed by atoms with E-state index >= 15 is 0 Å². The highest BCUT2D eigenvalue weighted by molar-refractivity contribution is 5.57. The van der Waals surface area contributed by atoms with Gasteiger partial charge in [0.05, 0.1) is 0 Å². The molecule has 0 amide bonds. The smallest absolute Gasteiger partial charge is 0.123 e. The van der Waals surface area contributed by atoms with Gasteiger partial charge in [-0.05, 0) is 49.6 Å². The molecule has 0 aliphatic rings. The van der Waals surface area contributed by atoms with E-state index in [1.165, 1.54) is 0 Å². The summed E-state index contributed by atoms with van der Waals surface area (Å²) in [5.41, 5.74) is 4.52. The minimum Gasteiger partial charge on any atom is -0.508 e. The molecule has 0 fully saturated rings. The molecule has 0 unspecified atom stereocenters. The SMILES string of the molecule is Cc1cc(NCc2cccc(C)c2O)c(C)cc1O. The number of rotatable bonds is 3. The van der Waals surface area contributed by atoms with Crippen molar-refractivity contribution in [2.75, 3.05) is 5.32 Å². The molecular weight excluding hydrogens is 238 g/mol. The third kappa shape index (κ3) is 2.81. The third-order valence-corrected chi connectivity index (χ3v) is 3.33. The number of hydrogen-bond acceptors (Lipinski definition) is 3. The van der Waals surface area contributed by atoms with E-state index in [2.05, 4.69) is 5.32 Å².